The van der Waals surface area contributed by atoms with E-state index in [-0.39, 0.29) is 11.9 Å². The van der Waals surface area contributed by atoms with Crippen LogP contribution in [0.4, 0.5) is 0 Å². The fourth-order valence-corrected chi connectivity index (χ4v) is 3.57. The second-order valence-corrected chi connectivity index (χ2v) is 5.71. The lowest BCUT2D eigenvalue weighted by Crippen LogP contribution is -2.43. The molecule has 2 aromatic heterocycles. The predicted molar refractivity (Wildman–Crippen MR) is 76.3 cm³/mol. The van der Waals surface area contributed by atoms with E-state index in [1.54, 1.807) is 18.7 Å². The Hall–Kier alpha value is -2.30. The highest BCUT2D eigenvalue weighted by molar-refractivity contribution is 5.80. The molecule has 2 unspecified atom stereocenters. The summed E-state index contributed by atoms with van der Waals surface area (Å²) in [7, 11) is 0. The first-order chi connectivity index (χ1) is 10.3. The quantitative estimate of drug-likeness (QED) is 0.840. The first-order valence-electron chi connectivity index (χ1n) is 7.32. The topological polar surface area (TPSA) is 59.0 Å². The summed E-state index contributed by atoms with van der Waals surface area (Å²) in [6.07, 6.45) is 10.3. The van der Waals surface area contributed by atoms with Crippen LogP contribution in [-0.4, -0.2) is 31.8 Å². The number of hydrogen-bond acceptors (Lipinski definition) is 4. The average Bonchev–Trinajstić information content (AvgIpc) is 2.84. The van der Waals surface area contributed by atoms with E-state index in [4.69, 9.17) is 0 Å². The number of amides is 1. The van der Waals surface area contributed by atoms with Gasteiger partial charge >= 0.3 is 0 Å². The summed E-state index contributed by atoms with van der Waals surface area (Å²) in [5.41, 5.74) is 3.21. The summed E-state index contributed by atoms with van der Waals surface area (Å²) in [5.74, 6) is 0.185. The second kappa shape index (κ2) is 4.91. The van der Waals surface area contributed by atoms with Crippen LogP contribution in [0.15, 0.2) is 37.1 Å². The summed E-state index contributed by atoms with van der Waals surface area (Å²) < 4.78 is 0. The third kappa shape index (κ3) is 2.09. The van der Waals surface area contributed by atoms with E-state index in [1.165, 1.54) is 0 Å². The zero-order chi connectivity index (χ0) is 14.2. The molecule has 2 atom stereocenters. The first-order valence-corrected chi connectivity index (χ1v) is 7.32. The van der Waals surface area contributed by atoms with E-state index in [1.807, 2.05) is 18.3 Å². The van der Waals surface area contributed by atoms with Crippen molar-refractivity contribution in [2.75, 3.05) is 0 Å². The lowest BCUT2D eigenvalue weighted by molar-refractivity contribution is -0.134. The van der Waals surface area contributed by atoms with Crippen molar-refractivity contribution in [3.8, 4) is 0 Å². The van der Waals surface area contributed by atoms with Crippen LogP contribution in [0.1, 0.15) is 35.7 Å². The van der Waals surface area contributed by atoms with E-state index in [9.17, 15) is 4.79 Å². The molecule has 0 aromatic carbocycles. The molecule has 21 heavy (non-hydrogen) atoms. The van der Waals surface area contributed by atoms with Crippen molar-refractivity contribution in [1.82, 2.24) is 19.9 Å². The Morgan fingerprint density at radius 2 is 2.24 bits per heavy atom. The van der Waals surface area contributed by atoms with Crippen LogP contribution in [0.2, 0.25) is 0 Å². The third-order valence-electron chi connectivity index (χ3n) is 4.48. The maximum Gasteiger partial charge on any atom is 0.227 e. The van der Waals surface area contributed by atoms with Gasteiger partial charge in [-0.05, 0) is 24.5 Å². The number of fused-ring (bicyclic) bond motifs is 4. The van der Waals surface area contributed by atoms with Gasteiger partial charge in [-0.1, -0.05) is 6.07 Å². The summed E-state index contributed by atoms with van der Waals surface area (Å²) in [6, 6.07) is 4.27. The molecule has 0 N–H and O–H groups in total. The third-order valence-corrected chi connectivity index (χ3v) is 4.48. The molecule has 2 bridgehead atoms. The normalized spacial score (nSPS) is 23.0. The fourth-order valence-electron chi connectivity index (χ4n) is 3.57. The number of carbonyl (C=O) groups is 1. The van der Waals surface area contributed by atoms with Gasteiger partial charge in [-0.2, -0.15) is 0 Å². The van der Waals surface area contributed by atoms with E-state index >= 15 is 0 Å². The van der Waals surface area contributed by atoms with Gasteiger partial charge in [0.25, 0.3) is 0 Å². The van der Waals surface area contributed by atoms with Crippen LogP contribution in [0.5, 0.6) is 0 Å². The molecule has 4 heterocycles. The van der Waals surface area contributed by atoms with Gasteiger partial charge in [0.1, 0.15) is 6.33 Å². The second-order valence-electron chi connectivity index (χ2n) is 5.71. The molecule has 0 aliphatic carbocycles. The molecule has 1 amide bonds. The number of rotatable bonds is 2. The predicted octanol–water partition coefficient (Wildman–Crippen LogP) is 1.70. The first kappa shape index (κ1) is 12.4. The Kier molecular flexibility index (Phi) is 2.91. The zero-order valence-electron chi connectivity index (χ0n) is 11.6. The van der Waals surface area contributed by atoms with Gasteiger partial charge in [-0.3, -0.25) is 9.78 Å². The van der Waals surface area contributed by atoms with Gasteiger partial charge in [0.15, 0.2) is 0 Å². The number of hydrogen-bond donors (Lipinski definition) is 0. The standard InChI is InChI=1S/C16H16N4O/c21-16(6-11-2-1-5-17-8-11)20-12-3-4-15(20)13-9-18-10-19-14(13)7-12/h1-2,5,8-10,12,15H,3-4,6-7H2. The lowest BCUT2D eigenvalue weighted by atomic mass is 9.98. The minimum absolute atomic E-state index is 0.157. The maximum atomic E-state index is 12.7. The van der Waals surface area contributed by atoms with Crippen molar-refractivity contribution < 1.29 is 4.79 Å². The highest BCUT2D eigenvalue weighted by Gasteiger charge is 2.42. The molecule has 1 saturated heterocycles. The van der Waals surface area contributed by atoms with Crippen molar-refractivity contribution >= 4 is 5.91 Å². The molecule has 1 fully saturated rings. The van der Waals surface area contributed by atoms with E-state index in [0.717, 1.165) is 36.1 Å². The molecule has 0 radical (unpaired) electrons. The van der Waals surface area contributed by atoms with Gasteiger partial charge in [0.2, 0.25) is 5.91 Å². The van der Waals surface area contributed by atoms with Crippen LogP contribution in [0.25, 0.3) is 0 Å². The minimum Gasteiger partial charge on any atom is -0.332 e. The largest absolute Gasteiger partial charge is 0.332 e. The van der Waals surface area contributed by atoms with Crippen molar-refractivity contribution in [2.45, 2.75) is 37.8 Å². The molecule has 106 valence electrons. The molecule has 4 rings (SSSR count). The highest BCUT2D eigenvalue weighted by Crippen LogP contribution is 2.42. The zero-order valence-corrected chi connectivity index (χ0v) is 11.6. The summed E-state index contributed by atoms with van der Waals surface area (Å²) in [4.78, 5) is 27.3. The number of carbonyl (C=O) groups excluding carboxylic acids is 1. The van der Waals surface area contributed by atoms with E-state index < -0.39 is 0 Å². The van der Waals surface area contributed by atoms with Gasteiger partial charge in [-0.25, -0.2) is 9.97 Å². The van der Waals surface area contributed by atoms with Crippen LogP contribution >= 0.6 is 0 Å². The van der Waals surface area contributed by atoms with Crippen LogP contribution in [0, 0.1) is 0 Å². The van der Waals surface area contributed by atoms with Crippen molar-refractivity contribution in [3.05, 3.63) is 53.9 Å². The Labute approximate surface area is 123 Å². The molecule has 2 aliphatic rings. The SMILES string of the molecule is O=C(Cc1cccnc1)N1C2CCC1c1cncnc1C2. The van der Waals surface area contributed by atoms with Gasteiger partial charge in [-0.15, -0.1) is 0 Å². The molecule has 0 saturated carbocycles. The average molecular weight is 280 g/mol. The molecule has 5 nitrogen and oxygen atoms in total. The van der Waals surface area contributed by atoms with Gasteiger partial charge < -0.3 is 4.90 Å². The lowest BCUT2D eigenvalue weighted by Gasteiger charge is -2.35. The van der Waals surface area contributed by atoms with E-state index in [0.29, 0.717) is 12.5 Å². The van der Waals surface area contributed by atoms with Crippen molar-refractivity contribution in [2.24, 2.45) is 0 Å². The maximum absolute atomic E-state index is 12.7. The van der Waals surface area contributed by atoms with Crippen LogP contribution < -0.4 is 0 Å². The van der Waals surface area contributed by atoms with Gasteiger partial charge in [0, 0.05) is 36.6 Å². The van der Waals surface area contributed by atoms with E-state index in [2.05, 4.69) is 19.9 Å². The molecular formula is C16H16N4O. The van der Waals surface area contributed by atoms with Crippen LogP contribution in [-0.2, 0) is 17.6 Å². The smallest absolute Gasteiger partial charge is 0.227 e. The summed E-state index contributed by atoms with van der Waals surface area (Å²) >= 11 is 0. The Morgan fingerprint density at radius 1 is 1.29 bits per heavy atom. The van der Waals surface area contributed by atoms with Crippen molar-refractivity contribution in [3.63, 3.8) is 0 Å². The monoisotopic (exact) mass is 280 g/mol. The summed E-state index contributed by atoms with van der Waals surface area (Å²) in [5, 5.41) is 0. The molecule has 5 heteroatoms. The molecule has 0 spiro atoms. The minimum atomic E-state index is 0.157. The number of nitrogens with zero attached hydrogens (tertiary/aromatic N) is 4. The Bertz CT molecular complexity index is 673. The van der Waals surface area contributed by atoms with Gasteiger partial charge in [0.05, 0.1) is 18.2 Å². The molecule has 2 aliphatic heterocycles. The number of aromatic nitrogens is 3. The fraction of sp³-hybridized carbons (Fsp3) is 0.375. The molecule has 2 aromatic rings. The highest BCUT2D eigenvalue weighted by atomic mass is 16.2. The number of pyridine rings is 1. The van der Waals surface area contributed by atoms with Crippen molar-refractivity contribution in [1.29, 1.82) is 0 Å². The Morgan fingerprint density at radius 3 is 3.10 bits per heavy atom. The Balaban J connectivity index is 1.61. The molecular weight excluding hydrogens is 264 g/mol. The summed E-state index contributed by atoms with van der Waals surface area (Å²) in [6.45, 7) is 0. The van der Waals surface area contributed by atoms with Crippen LogP contribution in [0.3, 0.4) is 0 Å².